The minimum Gasteiger partial charge on any atom is -0.356 e. The van der Waals surface area contributed by atoms with E-state index in [0.29, 0.717) is 13.1 Å². The van der Waals surface area contributed by atoms with E-state index in [9.17, 15) is 13.2 Å². The van der Waals surface area contributed by atoms with Gasteiger partial charge in [-0.15, -0.1) is 0 Å². The van der Waals surface area contributed by atoms with Crippen LogP contribution in [0.3, 0.4) is 0 Å². The Kier molecular flexibility index (Phi) is 3.57. The van der Waals surface area contributed by atoms with E-state index in [-0.39, 0.29) is 11.9 Å². The number of piperidine rings is 1. The molecule has 21 heavy (non-hydrogen) atoms. The Hall–Kier alpha value is -2.05. The summed E-state index contributed by atoms with van der Waals surface area (Å²) in [5, 5.41) is 4.20. The number of aromatic nitrogens is 3. The second-order valence-electron chi connectivity index (χ2n) is 5.08. The van der Waals surface area contributed by atoms with Gasteiger partial charge < -0.3 is 4.90 Å². The monoisotopic (exact) mass is 296 g/mol. The molecular formula is C14H15F3N4. The Balaban J connectivity index is 1.76. The number of rotatable bonds is 2. The third-order valence-corrected chi connectivity index (χ3v) is 3.76. The SMILES string of the molecule is FC(F)(F)c1cccnc1N1CCC(n2cccn2)CC1. The summed E-state index contributed by atoms with van der Waals surface area (Å²) in [6.45, 7) is 1.09. The van der Waals surface area contributed by atoms with Crippen LogP contribution in [0.2, 0.25) is 0 Å². The van der Waals surface area contributed by atoms with Crippen molar-refractivity contribution in [3.8, 4) is 0 Å². The molecule has 7 heteroatoms. The predicted molar refractivity (Wildman–Crippen MR) is 72.0 cm³/mol. The van der Waals surface area contributed by atoms with Crippen molar-refractivity contribution >= 4 is 5.82 Å². The van der Waals surface area contributed by atoms with Gasteiger partial charge in [-0.25, -0.2) is 4.98 Å². The molecule has 0 N–H and O–H groups in total. The van der Waals surface area contributed by atoms with Crippen LogP contribution in [0.25, 0.3) is 0 Å². The molecule has 0 amide bonds. The summed E-state index contributed by atoms with van der Waals surface area (Å²) >= 11 is 0. The maximum absolute atomic E-state index is 13.0. The van der Waals surface area contributed by atoms with Gasteiger partial charge in [0, 0.05) is 31.7 Å². The third-order valence-electron chi connectivity index (χ3n) is 3.76. The van der Waals surface area contributed by atoms with E-state index in [2.05, 4.69) is 10.1 Å². The van der Waals surface area contributed by atoms with E-state index in [4.69, 9.17) is 0 Å². The van der Waals surface area contributed by atoms with Crippen molar-refractivity contribution in [1.82, 2.24) is 14.8 Å². The van der Waals surface area contributed by atoms with E-state index < -0.39 is 11.7 Å². The lowest BCUT2D eigenvalue weighted by molar-refractivity contribution is -0.137. The van der Waals surface area contributed by atoms with Crippen LogP contribution in [0.1, 0.15) is 24.4 Å². The van der Waals surface area contributed by atoms with Crippen LogP contribution in [0.5, 0.6) is 0 Å². The van der Waals surface area contributed by atoms with E-state index >= 15 is 0 Å². The average Bonchev–Trinajstić information content (AvgIpc) is 3.01. The highest BCUT2D eigenvalue weighted by Crippen LogP contribution is 2.36. The summed E-state index contributed by atoms with van der Waals surface area (Å²) in [5.41, 5.74) is -0.664. The minimum atomic E-state index is -4.37. The van der Waals surface area contributed by atoms with E-state index in [1.165, 1.54) is 12.3 Å². The second-order valence-corrected chi connectivity index (χ2v) is 5.08. The molecule has 2 aromatic heterocycles. The Morgan fingerprint density at radius 3 is 2.48 bits per heavy atom. The van der Waals surface area contributed by atoms with Gasteiger partial charge in [-0.05, 0) is 31.0 Å². The van der Waals surface area contributed by atoms with Crippen molar-refractivity contribution in [2.75, 3.05) is 18.0 Å². The van der Waals surface area contributed by atoms with Gasteiger partial charge >= 0.3 is 6.18 Å². The van der Waals surface area contributed by atoms with E-state index in [1.54, 1.807) is 11.1 Å². The van der Waals surface area contributed by atoms with Crippen LogP contribution in [0.15, 0.2) is 36.8 Å². The Morgan fingerprint density at radius 2 is 1.86 bits per heavy atom. The fourth-order valence-corrected chi connectivity index (χ4v) is 2.71. The smallest absolute Gasteiger partial charge is 0.356 e. The molecule has 1 fully saturated rings. The number of halogens is 3. The molecule has 2 aromatic rings. The van der Waals surface area contributed by atoms with Crippen molar-refractivity contribution in [1.29, 1.82) is 0 Å². The standard InChI is InChI=1S/C14H15F3N4/c15-14(16,17)12-3-1-6-18-13(12)20-9-4-11(5-10-20)21-8-2-7-19-21/h1-3,6-8,11H,4-5,9-10H2. The summed E-state index contributed by atoms with van der Waals surface area (Å²) in [5.74, 6) is 0.0314. The maximum atomic E-state index is 13.0. The molecule has 0 aromatic carbocycles. The highest BCUT2D eigenvalue weighted by Gasteiger charge is 2.36. The van der Waals surface area contributed by atoms with Crippen molar-refractivity contribution in [2.24, 2.45) is 0 Å². The van der Waals surface area contributed by atoms with Gasteiger partial charge in [0.25, 0.3) is 0 Å². The highest BCUT2D eigenvalue weighted by molar-refractivity contribution is 5.48. The fraction of sp³-hybridized carbons (Fsp3) is 0.429. The fourth-order valence-electron chi connectivity index (χ4n) is 2.71. The first-order valence-electron chi connectivity index (χ1n) is 6.82. The zero-order valence-electron chi connectivity index (χ0n) is 11.3. The van der Waals surface area contributed by atoms with Crippen LogP contribution < -0.4 is 4.90 Å². The molecule has 3 rings (SSSR count). The van der Waals surface area contributed by atoms with Gasteiger partial charge in [0.05, 0.1) is 11.6 Å². The molecule has 4 nitrogen and oxygen atoms in total. The molecule has 0 unspecified atom stereocenters. The predicted octanol–water partition coefficient (Wildman–Crippen LogP) is 3.14. The first kappa shape index (κ1) is 13.9. The normalized spacial score (nSPS) is 17.2. The Morgan fingerprint density at radius 1 is 1.10 bits per heavy atom. The molecule has 1 saturated heterocycles. The number of hydrogen-bond donors (Lipinski definition) is 0. The number of anilines is 1. The lowest BCUT2D eigenvalue weighted by atomic mass is 10.0. The molecular weight excluding hydrogens is 281 g/mol. The van der Waals surface area contributed by atoms with Crippen LogP contribution in [0.4, 0.5) is 19.0 Å². The molecule has 0 saturated carbocycles. The van der Waals surface area contributed by atoms with Crippen molar-refractivity contribution in [3.05, 3.63) is 42.4 Å². The molecule has 3 heterocycles. The number of hydrogen-bond acceptors (Lipinski definition) is 3. The molecule has 0 aliphatic carbocycles. The third kappa shape index (κ3) is 2.86. The van der Waals surface area contributed by atoms with Crippen LogP contribution in [0, 0.1) is 0 Å². The summed E-state index contributed by atoms with van der Waals surface area (Å²) in [6, 6.07) is 4.51. The molecule has 1 aliphatic heterocycles. The van der Waals surface area contributed by atoms with Gasteiger partial charge in [0.1, 0.15) is 5.82 Å². The van der Waals surface area contributed by atoms with Crippen molar-refractivity contribution < 1.29 is 13.2 Å². The van der Waals surface area contributed by atoms with Crippen molar-refractivity contribution in [2.45, 2.75) is 25.1 Å². The molecule has 0 spiro atoms. The second kappa shape index (κ2) is 5.38. The number of nitrogens with zero attached hydrogens (tertiary/aromatic N) is 4. The van der Waals surface area contributed by atoms with Crippen molar-refractivity contribution in [3.63, 3.8) is 0 Å². The Labute approximate surface area is 120 Å². The van der Waals surface area contributed by atoms with Crippen LogP contribution in [-0.2, 0) is 6.18 Å². The van der Waals surface area contributed by atoms with Gasteiger partial charge in [0.2, 0.25) is 0 Å². The summed E-state index contributed by atoms with van der Waals surface area (Å²) < 4.78 is 40.9. The molecule has 0 bridgehead atoms. The Bertz CT molecular complexity index is 587. The van der Waals surface area contributed by atoms with Gasteiger partial charge in [-0.2, -0.15) is 18.3 Å². The van der Waals surface area contributed by atoms with Gasteiger partial charge in [0.15, 0.2) is 0 Å². The topological polar surface area (TPSA) is 34.0 Å². The highest BCUT2D eigenvalue weighted by atomic mass is 19.4. The first-order chi connectivity index (χ1) is 10.1. The lowest BCUT2D eigenvalue weighted by Gasteiger charge is -2.34. The number of alkyl halides is 3. The van der Waals surface area contributed by atoms with E-state index in [0.717, 1.165) is 18.9 Å². The summed E-state index contributed by atoms with van der Waals surface area (Å²) in [7, 11) is 0. The number of pyridine rings is 1. The average molecular weight is 296 g/mol. The molecule has 0 atom stereocenters. The molecule has 112 valence electrons. The largest absolute Gasteiger partial charge is 0.419 e. The van der Waals surface area contributed by atoms with Crippen LogP contribution in [-0.4, -0.2) is 27.9 Å². The lowest BCUT2D eigenvalue weighted by Crippen LogP contribution is -2.36. The first-order valence-corrected chi connectivity index (χ1v) is 6.82. The zero-order valence-corrected chi connectivity index (χ0v) is 11.3. The maximum Gasteiger partial charge on any atom is 0.419 e. The van der Waals surface area contributed by atoms with Gasteiger partial charge in [-0.1, -0.05) is 0 Å². The zero-order chi connectivity index (χ0) is 14.9. The van der Waals surface area contributed by atoms with Crippen LogP contribution >= 0.6 is 0 Å². The quantitative estimate of drug-likeness (QED) is 0.854. The summed E-state index contributed by atoms with van der Waals surface area (Å²) in [4.78, 5) is 5.65. The van der Waals surface area contributed by atoms with Gasteiger partial charge in [-0.3, -0.25) is 4.68 Å². The summed E-state index contributed by atoms with van der Waals surface area (Å²) in [6.07, 6.45) is 2.16. The minimum absolute atomic E-state index is 0.0314. The molecule has 0 radical (unpaired) electrons. The molecule has 1 aliphatic rings. The van der Waals surface area contributed by atoms with E-state index in [1.807, 2.05) is 16.9 Å².